The van der Waals surface area contributed by atoms with Crippen molar-refractivity contribution in [1.82, 2.24) is 13.7 Å². The number of benzene rings is 7. The number of nitrogens with zero attached hydrogens (tertiary/aromatic N) is 3. The van der Waals surface area contributed by atoms with E-state index in [1.54, 1.807) is 63.7 Å². The Morgan fingerprint density at radius 2 is 1.00 bits per heavy atom. The van der Waals surface area contributed by atoms with Crippen LogP contribution in [0.15, 0.2) is 163 Å². The maximum absolute atomic E-state index is 9.19. The fourth-order valence-corrected chi connectivity index (χ4v) is 6.67. The molecule has 0 spiro atoms. The summed E-state index contributed by atoms with van der Waals surface area (Å²) in [7, 11) is 0. The van der Waals surface area contributed by atoms with Crippen molar-refractivity contribution in [1.29, 1.82) is 0 Å². The highest BCUT2D eigenvalue weighted by atomic mass is 15.0. The molecule has 3 nitrogen and oxygen atoms in total. The molecular formula is C42H27N3. The molecule has 0 fully saturated rings. The molecule has 10 rings (SSSR count). The molecule has 0 N–H and O–H groups in total. The summed E-state index contributed by atoms with van der Waals surface area (Å²) in [4.78, 5) is 0. The van der Waals surface area contributed by atoms with Crippen LogP contribution in [0.3, 0.4) is 0 Å². The number of fused-ring (bicyclic) bond motifs is 10. The second kappa shape index (κ2) is 9.22. The zero-order chi connectivity index (χ0) is 44.3. The molecule has 0 atom stereocenters. The lowest BCUT2D eigenvalue weighted by atomic mass is 10.1. The van der Waals surface area contributed by atoms with E-state index in [0.717, 1.165) is 0 Å². The highest BCUT2D eigenvalue weighted by molar-refractivity contribution is 6.27. The van der Waals surface area contributed by atoms with Gasteiger partial charge in [-0.05, 0) is 66.6 Å². The van der Waals surface area contributed by atoms with Crippen LogP contribution in [0.5, 0.6) is 0 Å². The summed E-state index contributed by atoms with van der Waals surface area (Å²) in [6.07, 6.45) is 0. The average molecular weight is 591 g/mol. The van der Waals surface area contributed by atoms with Gasteiger partial charge in [0.15, 0.2) is 0 Å². The third kappa shape index (κ3) is 3.30. The van der Waals surface area contributed by atoms with Gasteiger partial charge < -0.3 is 13.7 Å². The van der Waals surface area contributed by atoms with E-state index in [1.807, 2.05) is 0 Å². The highest BCUT2D eigenvalue weighted by Gasteiger charge is 2.23. The molecule has 0 bridgehead atoms. The largest absolute Gasteiger partial charge is 0.309 e. The van der Waals surface area contributed by atoms with Gasteiger partial charge in [-0.15, -0.1) is 0 Å². The van der Waals surface area contributed by atoms with E-state index >= 15 is 0 Å². The van der Waals surface area contributed by atoms with Crippen LogP contribution < -0.4 is 0 Å². The van der Waals surface area contributed by atoms with Crippen LogP contribution in [-0.2, 0) is 0 Å². The molecule has 3 heterocycles. The van der Waals surface area contributed by atoms with Crippen LogP contribution in [0.1, 0.15) is 23.3 Å². The van der Waals surface area contributed by atoms with Crippen molar-refractivity contribution in [2.45, 2.75) is 0 Å². The first-order valence-electron chi connectivity index (χ1n) is 22.6. The van der Waals surface area contributed by atoms with Gasteiger partial charge in [0.2, 0.25) is 0 Å². The van der Waals surface area contributed by atoms with E-state index in [0.29, 0.717) is 43.6 Å². The van der Waals surface area contributed by atoms with Crippen LogP contribution in [-0.4, -0.2) is 13.7 Å². The van der Waals surface area contributed by atoms with Crippen LogP contribution in [0, 0.1) is 0 Å². The van der Waals surface area contributed by atoms with Crippen molar-refractivity contribution < 1.29 is 23.3 Å². The molecule has 0 aliphatic carbocycles. The van der Waals surface area contributed by atoms with Gasteiger partial charge in [0.05, 0.1) is 62.1 Å². The van der Waals surface area contributed by atoms with Crippen LogP contribution >= 0.6 is 0 Å². The minimum atomic E-state index is -0.598. The third-order valence-electron chi connectivity index (χ3n) is 8.32. The van der Waals surface area contributed by atoms with Gasteiger partial charge in [0, 0.05) is 43.7 Å². The zero-order valence-corrected chi connectivity index (χ0v) is 23.1. The summed E-state index contributed by atoms with van der Waals surface area (Å²) < 4.78 is 153. The molecule has 0 amide bonds. The summed E-state index contributed by atoms with van der Waals surface area (Å²) in [6, 6.07) is 7.90. The second-order valence-corrected chi connectivity index (χ2v) is 10.5. The number of hydrogen-bond acceptors (Lipinski definition) is 0. The summed E-state index contributed by atoms with van der Waals surface area (Å²) in [5.74, 6) is 0. The van der Waals surface area contributed by atoms with Gasteiger partial charge in [-0.1, -0.05) is 96.8 Å². The number of hydrogen-bond donors (Lipinski definition) is 0. The normalized spacial score (nSPS) is 17.3. The zero-order valence-electron chi connectivity index (χ0n) is 40.1. The molecule has 0 aliphatic heterocycles. The molecule has 0 saturated carbocycles. The summed E-state index contributed by atoms with van der Waals surface area (Å²) in [5, 5.41) is 1.57. The molecule has 10 aromatic rings. The summed E-state index contributed by atoms with van der Waals surface area (Å²) in [5.41, 5.74) is 1.41. The van der Waals surface area contributed by atoms with Gasteiger partial charge in [0.25, 0.3) is 0 Å². The van der Waals surface area contributed by atoms with Crippen molar-refractivity contribution in [3.8, 4) is 17.1 Å². The predicted octanol–water partition coefficient (Wildman–Crippen LogP) is 11.0. The van der Waals surface area contributed by atoms with Gasteiger partial charge in [-0.2, -0.15) is 0 Å². The van der Waals surface area contributed by atoms with Crippen molar-refractivity contribution >= 4 is 65.4 Å². The SMILES string of the molecule is [2H]c1cc(-n2c3cccc(-n4c5c([2H])c([2H])c([2H])c([2H])c5c5c([2H])c([2H])c([2H])c([2H])c54)c3c3ccc4c(c5ccccc5n4-c4c([2H])c([2H])c([2H])c([2H])c4[2H])c32)c([2H])c([2H])c1[2H]. The lowest BCUT2D eigenvalue weighted by molar-refractivity contribution is 1.17. The topological polar surface area (TPSA) is 14.8 Å². The Hall–Kier alpha value is -6.06. The molecule has 45 heavy (non-hydrogen) atoms. The quantitative estimate of drug-likeness (QED) is 0.194. The molecule has 210 valence electrons. The lowest BCUT2D eigenvalue weighted by Gasteiger charge is -2.11. The molecule has 3 heteroatoms. The Bertz CT molecular complexity index is 3630. The number of aromatic nitrogens is 3. The maximum Gasteiger partial charge on any atom is 0.0645 e. The minimum Gasteiger partial charge on any atom is -0.309 e. The van der Waals surface area contributed by atoms with Crippen LogP contribution in [0.25, 0.3) is 82.5 Å². The summed E-state index contributed by atoms with van der Waals surface area (Å²) in [6.45, 7) is 0. The molecule has 0 radical (unpaired) electrons. The van der Waals surface area contributed by atoms with Crippen molar-refractivity contribution in [3.63, 3.8) is 0 Å². The Labute approximate surface area is 283 Å². The molecule has 0 aliphatic rings. The first-order chi connectivity index (χ1) is 29.4. The molecule has 0 saturated heterocycles. The van der Waals surface area contributed by atoms with Gasteiger partial charge in [-0.3, -0.25) is 0 Å². The van der Waals surface area contributed by atoms with Crippen molar-refractivity contribution in [2.75, 3.05) is 0 Å². The van der Waals surface area contributed by atoms with E-state index in [2.05, 4.69) is 0 Å². The van der Waals surface area contributed by atoms with E-state index in [-0.39, 0.29) is 44.9 Å². The van der Waals surface area contributed by atoms with E-state index < -0.39 is 96.7 Å². The molecule has 7 aromatic carbocycles. The lowest BCUT2D eigenvalue weighted by Crippen LogP contribution is -1.96. The number of rotatable bonds is 3. The standard InChI is InChI=1S/C42H27N3/c1-3-14-28(15-4-1)43-36-23-12-9-20-32(36)41-39(43)27-26-33-40-37(44(42(33)41)29-16-5-2-6-17-29)24-13-25-38(40)45-34-21-10-7-18-30(34)31-19-8-11-22-35(31)45/h1-27H/i1D,2D,3D,4D,5D,6D,7D,8D,10D,11D,14D,15D,16D,18D,19D,21D,22D. The van der Waals surface area contributed by atoms with E-state index in [1.165, 1.54) is 10.6 Å². The minimum absolute atomic E-state index is 0.0198. The Morgan fingerprint density at radius 3 is 1.80 bits per heavy atom. The fourth-order valence-electron chi connectivity index (χ4n) is 6.67. The summed E-state index contributed by atoms with van der Waals surface area (Å²) >= 11 is 0. The second-order valence-electron chi connectivity index (χ2n) is 10.5. The third-order valence-corrected chi connectivity index (χ3v) is 8.32. The average Bonchev–Trinajstić information content (AvgIpc) is 3.92. The van der Waals surface area contributed by atoms with Crippen LogP contribution in [0.4, 0.5) is 0 Å². The molecular weight excluding hydrogens is 546 g/mol. The van der Waals surface area contributed by atoms with Gasteiger partial charge in [-0.25, -0.2) is 0 Å². The van der Waals surface area contributed by atoms with Crippen LogP contribution in [0.2, 0.25) is 0 Å². The molecule has 3 aromatic heterocycles. The first-order valence-corrected chi connectivity index (χ1v) is 14.1. The van der Waals surface area contributed by atoms with E-state index in [9.17, 15) is 4.11 Å². The fraction of sp³-hybridized carbons (Fsp3) is 0. The Balaban J connectivity index is 1.50. The maximum atomic E-state index is 9.19. The molecule has 0 unspecified atom stereocenters. The number of para-hydroxylation sites is 5. The van der Waals surface area contributed by atoms with Gasteiger partial charge in [0.1, 0.15) is 0 Å². The highest BCUT2D eigenvalue weighted by Crippen LogP contribution is 2.44. The van der Waals surface area contributed by atoms with Crippen molar-refractivity contribution in [3.05, 3.63) is 163 Å². The van der Waals surface area contributed by atoms with Crippen molar-refractivity contribution in [2.24, 2.45) is 0 Å². The first kappa shape index (κ1) is 13.3. The monoisotopic (exact) mass is 590 g/mol. The smallest absolute Gasteiger partial charge is 0.0645 e. The Morgan fingerprint density at radius 1 is 0.356 bits per heavy atom. The van der Waals surface area contributed by atoms with E-state index in [4.69, 9.17) is 19.2 Å². The Kier molecular flexibility index (Phi) is 2.72. The predicted molar refractivity (Wildman–Crippen MR) is 189 cm³/mol. The van der Waals surface area contributed by atoms with Gasteiger partial charge >= 0.3 is 0 Å².